The third-order valence-electron chi connectivity index (χ3n) is 1.54. The molecule has 0 aliphatic carbocycles. The SMILES string of the molecule is COCC[C@H]1OC[C@H](CCl)O1. The third kappa shape index (κ3) is 2.95. The van der Waals surface area contributed by atoms with Crippen LogP contribution in [0.3, 0.4) is 0 Å². The zero-order valence-electron chi connectivity index (χ0n) is 6.59. The lowest BCUT2D eigenvalue weighted by Gasteiger charge is -2.08. The Morgan fingerprint density at radius 1 is 1.64 bits per heavy atom. The van der Waals surface area contributed by atoms with Crippen molar-refractivity contribution in [3.63, 3.8) is 0 Å². The van der Waals surface area contributed by atoms with E-state index in [0.717, 1.165) is 6.42 Å². The second-order valence-corrected chi connectivity index (χ2v) is 2.77. The molecule has 1 aliphatic heterocycles. The minimum atomic E-state index is -0.112. The first-order chi connectivity index (χ1) is 5.36. The fraction of sp³-hybridized carbons (Fsp3) is 1.00. The monoisotopic (exact) mass is 180 g/mol. The Morgan fingerprint density at radius 3 is 3.00 bits per heavy atom. The number of methoxy groups -OCH3 is 1. The Balaban J connectivity index is 2.09. The van der Waals surface area contributed by atoms with Gasteiger partial charge in [0, 0.05) is 13.5 Å². The highest BCUT2D eigenvalue weighted by Gasteiger charge is 2.24. The van der Waals surface area contributed by atoms with Crippen LogP contribution in [0.4, 0.5) is 0 Å². The number of hydrogen-bond acceptors (Lipinski definition) is 3. The Labute approximate surface area is 71.6 Å². The van der Waals surface area contributed by atoms with Crippen LogP contribution in [0.15, 0.2) is 0 Å². The maximum absolute atomic E-state index is 5.57. The number of ether oxygens (including phenoxy) is 3. The van der Waals surface area contributed by atoms with Crippen LogP contribution in [0, 0.1) is 0 Å². The van der Waals surface area contributed by atoms with E-state index in [0.29, 0.717) is 19.1 Å². The molecule has 4 heteroatoms. The van der Waals surface area contributed by atoms with Crippen molar-refractivity contribution in [1.29, 1.82) is 0 Å². The van der Waals surface area contributed by atoms with Crippen LogP contribution in [0.5, 0.6) is 0 Å². The highest BCUT2D eigenvalue weighted by Crippen LogP contribution is 2.15. The van der Waals surface area contributed by atoms with Crippen molar-refractivity contribution in [1.82, 2.24) is 0 Å². The van der Waals surface area contributed by atoms with Crippen LogP contribution in [-0.4, -0.2) is 38.6 Å². The van der Waals surface area contributed by atoms with Crippen LogP contribution in [0.25, 0.3) is 0 Å². The smallest absolute Gasteiger partial charge is 0.160 e. The fourth-order valence-electron chi connectivity index (χ4n) is 0.954. The van der Waals surface area contributed by atoms with Gasteiger partial charge in [-0.2, -0.15) is 0 Å². The van der Waals surface area contributed by atoms with Gasteiger partial charge in [0.05, 0.1) is 25.2 Å². The molecule has 1 heterocycles. The molecule has 0 unspecified atom stereocenters. The zero-order chi connectivity index (χ0) is 8.10. The van der Waals surface area contributed by atoms with Crippen molar-refractivity contribution >= 4 is 11.6 Å². The van der Waals surface area contributed by atoms with E-state index in [1.807, 2.05) is 0 Å². The van der Waals surface area contributed by atoms with Crippen LogP contribution in [-0.2, 0) is 14.2 Å². The molecule has 0 bridgehead atoms. The van der Waals surface area contributed by atoms with Crippen molar-refractivity contribution in [2.24, 2.45) is 0 Å². The van der Waals surface area contributed by atoms with Crippen LogP contribution in [0.1, 0.15) is 6.42 Å². The standard InChI is InChI=1S/C7H13ClO3/c1-9-3-2-7-10-5-6(4-8)11-7/h6-7H,2-5H2,1H3/t6-,7-/m0/s1. The van der Waals surface area contributed by atoms with Crippen LogP contribution in [0.2, 0.25) is 0 Å². The first kappa shape index (κ1) is 9.26. The normalized spacial score (nSPS) is 31.1. The molecule has 11 heavy (non-hydrogen) atoms. The van der Waals surface area contributed by atoms with Gasteiger partial charge in [0.1, 0.15) is 0 Å². The lowest BCUT2D eigenvalue weighted by Crippen LogP contribution is -2.14. The Hall–Kier alpha value is 0.170. The van der Waals surface area contributed by atoms with Crippen molar-refractivity contribution in [2.45, 2.75) is 18.8 Å². The predicted molar refractivity (Wildman–Crippen MR) is 41.8 cm³/mol. The Morgan fingerprint density at radius 2 is 2.45 bits per heavy atom. The molecule has 0 amide bonds. The van der Waals surface area contributed by atoms with E-state index >= 15 is 0 Å². The third-order valence-corrected chi connectivity index (χ3v) is 1.89. The first-order valence-corrected chi connectivity index (χ1v) is 4.22. The maximum Gasteiger partial charge on any atom is 0.160 e. The molecule has 3 nitrogen and oxygen atoms in total. The topological polar surface area (TPSA) is 27.7 Å². The summed E-state index contributed by atoms with van der Waals surface area (Å²) in [6.07, 6.45) is 0.737. The quantitative estimate of drug-likeness (QED) is 0.605. The summed E-state index contributed by atoms with van der Waals surface area (Å²) >= 11 is 5.57. The van der Waals surface area contributed by atoms with E-state index < -0.39 is 0 Å². The van der Waals surface area contributed by atoms with Gasteiger partial charge in [0.15, 0.2) is 6.29 Å². The molecule has 66 valence electrons. The van der Waals surface area contributed by atoms with Crippen LogP contribution >= 0.6 is 11.6 Å². The van der Waals surface area contributed by atoms with Crippen molar-refractivity contribution in [3.8, 4) is 0 Å². The van der Waals surface area contributed by atoms with Gasteiger partial charge in [-0.3, -0.25) is 0 Å². The molecule has 0 spiro atoms. The second-order valence-electron chi connectivity index (χ2n) is 2.46. The van der Waals surface area contributed by atoms with Crippen molar-refractivity contribution in [2.75, 3.05) is 26.2 Å². The van der Waals surface area contributed by atoms with Gasteiger partial charge in [-0.1, -0.05) is 0 Å². The predicted octanol–water partition coefficient (Wildman–Crippen LogP) is 1.00. The van der Waals surface area contributed by atoms with Crippen molar-refractivity contribution < 1.29 is 14.2 Å². The highest BCUT2D eigenvalue weighted by molar-refractivity contribution is 6.18. The zero-order valence-corrected chi connectivity index (χ0v) is 7.34. The Kier molecular flexibility index (Phi) is 4.15. The summed E-state index contributed by atoms with van der Waals surface area (Å²) in [5.74, 6) is 0.503. The summed E-state index contributed by atoms with van der Waals surface area (Å²) in [6.45, 7) is 1.28. The van der Waals surface area contributed by atoms with E-state index in [2.05, 4.69) is 0 Å². The van der Waals surface area contributed by atoms with E-state index in [9.17, 15) is 0 Å². The largest absolute Gasteiger partial charge is 0.384 e. The van der Waals surface area contributed by atoms with Gasteiger partial charge < -0.3 is 14.2 Å². The fourth-order valence-corrected chi connectivity index (χ4v) is 1.12. The number of halogens is 1. The van der Waals surface area contributed by atoms with E-state index in [4.69, 9.17) is 25.8 Å². The van der Waals surface area contributed by atoms with Gasteiger partial charge in [-0.15, -0.1) is 11.6 Å². The summed E-state index contributed by atoms with van der Waals surface area (Å²) in [5, 5.41) is 0. The molecule has 1 saturated heterocycles. The molecule has 1 rings (SSSR count). The average molecular weight is 181 g/mol. The van der Waals surface area contributed by atoms with E-state index in [-0.39, 0.29) is 12.4 Å². The molecule has 0 aromatic heterocycles. The molecule has 0 aromatic rings. The molecule has 2 atom stereocenters. The van der Waals surface area contributed by atoms with Crippen molar-refractivity contribution in [3.05, 3.63) is 0 Å². The second kappa shape index (κ2) is 4.93. The first-order valence-electron chi connectivity index (χ1n) is 3.68. The summed E-state index contributed by atoms with van der Waals surface area (Å²) in [4.78, 5) is 0. The van der Waals surface area contributed by atoms with Gasteiger partial charge in [0.25, 0.3) is 0 Å². The summed E-state index contributed by atoms with van der Waals surface area (Å²) in [7, 11) is 1.66. The van der Waals surface area contributed by atoms with Crippen LogP contribution < -0.4 is 0 Å². The van der Waals surface area contributed by atoms with Gasteiger partial charge >= 0.3 is 0 Å². The highest BCUT2D eigenvalue weighted by atomic mass is 35.5. The molecule has 1 aliphatic rings. The molecule has 0 saturated carbocycles. The minimum Gasteiger partial charge on any atom is -0.384 e. The minimum absolute atomic E-state index is 0.0681. The maximum atomic E-state index is 5.57. The number of hydrogen-bond donors (Lipinski definition) is 0. The Bertz CT molecular complexity index is 110. The average Bonchev–Trinajstić information content (AvgIpc) is 2.48. The van der Waals surface area contributed by atoms with E-state index in [1.165, 1.54) is 0 Å². The number of rotatable bonds is 4. The van der Waals surface area contributed by atoms with Gasteiger partial charge in [-0.05, 0) is 0 Å². The lowest BCUT2D eigenvalue weighted by molar-refractivity contribution is -0.0691. The van der Waals surface area contributed by atoms with E-state index in [1.54, 1.807) is 7.11 Å². The molecule has 0 N–H and O–H groups in total. The molecule has 0 aromatic carbocycles. The summed E-state index contributed by atoms with van der Waals surface area (Å²) < 4.78 is 15.5. The summed E-state index contributed by atoms with van der Waals surface area (Å²) in [5.41, 5.74) is 0. The van der Waals surface area contributed by atoms with Gasteiger partial charge in [0.2, 0.25) is 0 Å². The lowest BCUT2D eigenvalue weighted by atomic mass is 10.4. The molecule has 0 radical (unpaired) electrons. The van der Waals surface area contributed by atoms with Gasteiger partial charge in [-0.25, -0.2) is 0 Å². The molecular formula is C7H13ClO3. The molecular weight excluding hydrogens is 168 g/mol. The summed E-state index contributed by atoms with van der Waals surface area (Å²) in [6, 6.07) is 0. The number of alkyl halides is 1. The molecule has 1 fully saturated rings.